The van der Waals surface area contributed by atoms with E-state index in [4.69, 9.17) is 9.15 Å². The lowest BCUT2D eigenvalue weighted by atomic mass is 10.1. The number of aromatic nitrogens is 2. The van der Waals surface area contributed by atoms with Gasteiger partial charge in [0.25, 0.3) is 5.22 Å². The summed E-state index contributed by atoms with van der Waals surface area (Å²) in [6.07, 6.45) is 1.63. The summed E-state index contributed by atoms with van der Waals surface area (Å²) in [7, 11) is 1.63. The standard InChI is InChI=1S/C20H19FN2O3S/c1-25-17-10-4-14(5-11-17)13-19-22-23-20(26-19)27-12-2-3-18(24)15-6-8-16(21)9-7-15/h4-11H,2-3,12-13H2,1H3. The number of carbonyl (C=O) groups excluding carboxylic acids is 1. The average molecular weight is 386 g/mol. The van der Waals surface area contributed by atoms with Gasteiger partial charge in [-0.2, -0.15) is 0 Å². The molecule has 1 aromatic heterocycles. The summed E-state index contributed by atoms with van der Waals surface area (Å²) in [5.74, 6) is 1.70. The average Bonchev–Trinajstić information content (AvgIpc) is 3.13. The third-order valence-corrected chi connectivity index (χ3v) is 4.81. The number of ether oxygens (including phenoxy) is 1. The zero-order valence-electron chi connectivity index (χ0n) is 14.9. The van der Waals surface area contributed by atoms with Crippen LogP contribution in [0.25, 0.3) is 0 Å². The second-order valence-electron chi connectivity index (χ2n) is 5.87. The van der Waals surface area contributed by atoms with Gasteiger partial charge in [-0.1, -0.05) is 23.9 Å². The van der Waals surface area contributed by atoms with Gasteiger partial charge in [0.1, 0.15) is 11.6 Å². The molecule has 3 aromatic rings. The largest absolute Gasteiger partial charge is 0.497 e. The molecule has 0 spiro atoms. The lowest BCUT2D eigenvalue weighted by molar-refractivity contribution is 0.0982. The van der Waals surface area contributed by atoms with Crippen LogP contribution in [-0.4, -0.2) is 28.8 Å². The van der Waals surface area contributed by atoms with Crippen LogP contribution in [0.4, 0.5) is 4.39 Å². The van der Waals surface area contributed by atoms with Gasteiger partial charge < -0.3 is 9.15 Å². The SMILES string of the molecule is COc1ccc(Cc2nnc(SCCCC(=O)c3ccc(F)cc3)o2)cc1. The Labute approximate surface area is 161 Å². The first-order valence-electron chi connectivity index (χ1n) is 8.51. The number of thioether (sulfide) groups is 1. The highest BCUT2D eigenvalue weighted by molar-refractivity contribution is 7.99. The highest BCUT2D eigenvalue weighted by Crippen LogP contribution is 2.20. The Morgan fingerprint density at radius 3 is 2.56 bits per heavy atom. The lowest BCUT2D eigenvalue weighted by Crippen LogP contribution is -1.99. The van der Waals surface area contributed by atoms with E-state index in [0.29, 0.717) is 41.7 Å². The van der Waals surface area contributed by atoms with E-state index in [2.05, 4.69) is 10.2 Å². The van der Waals surface area contributed by atoms with Crippen molar-refractivity contribution in [2.24, 2.45) is 0 Å². The van der Waals surface area contributed by atoms with E-state index in [9.17, 15) is 9.18 Å². The van der Waals surface area contributed by atoms with Gasteiger partial charge >= 0.3 is 0 Å². The van der Waals surface area contributed by atoms with E-state index in [1.54, 1.807) is 7.11 Å². The predicted molar refractivity (Wildman–Crippen MR) is 101 cm³/mol. The molecule has 27 heavy (non-hydrogen) atoms. The normalized spacial score (nSPS) is 10.7. The summed E-state index contributed by atoms with van der Waals surface area (Å²) >= 11 is 1.43. The third kappa shape index (κ3) is 5.65. The molecule has 0 saturated heterocycles. The summed E-state index contributed by atoms with van der Waals surface area (Å²) in [4.78, 5) is 12.0. The number of carbonyl (C=O) groups is 1. The van der Waals surface area contributed by atoms with Gasteiger partial charge in [0, 0.05) is 17.7 Å². The molecule has 0 unspecified atom stereocenters. The van der Waals surface area contributed by atoms with Gasteiger partial charge in [-0.25, -0.2) is 4.39 Å². The first-order chi connectivity index (χ1) is 13.1. The second kappa shape index (κ2) is 9.32. The van der Waals surface area contributed by atoms with Crippen molar-refractivity contribution in [2.75, 3.05) is 12.9 Å². The van der Waals surface area contributed by atoms with Crippen LogP contribution in [0, 0.1) is 5.82 Å². The number of hydrogen-bond donors (Lipinski definition) is 0. The van der Waals surface area contributed by atoms with Crippen LogP contribution in [0.15, 0.2) is 58.2 Å². The van der Waals surface area contributed by atoms with Crippen molar-refractivity contribution in [3.8, 4) is 5.75 Å². The van der Waals surface area contributed by atoms with E-state index in [0.717, 1.165) is 11.3 Å². The van der Waals surface area contributed by atoms with Crippen LogP contribution in [0.1, 0.15) is 34.7 Å². The highest BCUT2D eigenvalue weighted by atomic mass is 32.2. The van der Waals surface area contributed by atoms with Gasteiger partial charge in [0.15, 0.2) is 5.78 Å². The Hall–Kier alpha value is -2.67. The van der Waals surface area contributed by atoms with Crippen molar-refractivity contribution in [1.82, 2.24) is 10.2 Å². The molecule has 1 heterocycles. The summed E-state index contributed by atoms with van der Waals surface area (Å²) in [6, 6.07) is 13.3. The molecular formula is C20H19FN2O3S. The molecular weight excluding hydrogens is 367 g/mol. The highest BCUT2D eigenvalue weighted by Gasteiger charge is 2.09. The van der Waals surface area contributed by atoms with Crippen LogP contribution >= 0.6 is 11.8 Å². The fourth-order valence-electron chi connectivity index (χ4n) is 2.46. The maximum atomic E-state index is 12.9. The fraction of sp³-hybridized carbons (Fsp3) is 0.250. The molecule has 0 N–H and O–H groups in total. The van der Waals surface area contributed by atoms with Crippen molar-refractivity contribution >= 4 is 17.5 Å². The number of nitrogens with zero attached hydrogens (tertiary/aromatic N) is 2. The molecule has 0 aliphatic heterocycles. The Morgan fingerprint density at radius 1 is 1.11 bits per heavy atom. The molecule has 2 aromatic carbocycles. The minimum atomic E-state index is -0.344. The van der Waals surface area contributed by atoms with Crippen molar-refractivity contribution in [2.45, 2.75) is 24.5 Å². The molecule has 0 bridgehead atoms. The molecule has 7 heteroatoms. The Kier molecular flexibility index (Phi) is 6.59. The maximum absolute atomic E-state index is 12.9. The lowest BCUT2D eigenvalue weighted by Gasteiger charge is -2.01. The zero-order chi connectivity index (χ0) is 19.1. The number of methoxy groups -OCH3 is 1. The van der Waals surface area contributed by atoms with Crippen molar-refractivity contribution in [1.29, 1.82) is 0 Å². The van der Waals surface area contributed by atoms with Crippen molar-refractivity contribution < 1.29 is 18.3 Å². The fourth-order valence-corrected chi connectivity index (χ4v) is 3.18. The summed E-state index contributed by atoms with van der Waals surface area (Å²) in [6.45, 7) is 0. The van der Waals surface area contributed by atoms with Crippen LogP contribution in [0.2, 0.25) is 0 Å². The molecule has 0 saturated carbocycles. The van der Waals surface area contributed by atoms with Crippen LogP contribution < -0.4 is 4.74 Å². The molecule has 0 atom stereocenters. The van der Waals surface area contributed by atoms with E-state index >= 15 is 0 Å². The molecule has 0 amide bonds. The minimum absolute atomic E-state index is 0.00123. The molecule has 0 aliphatic carbocycles. The van der Waals surface area contributed by atoms with Gasteiger partial charge in [0.05, 0.1) is 13.5 Å². The monoisotopic (exact) mass is 386 g/mol. The first kappa shape index (κ1) is 19.1. The molecule has 0 radical (unpaired) electrons. The van der Waals surface area contributed by atoms with Gasteiger partial charge in [-0.15, -0.1) is 10.2 Å². The number of Topliss-reactive ketones (excluding diaryl/α,β-unsaturated/α-hetero) is 1. The summed E-state index contributed by atoms with van der Waals surface area (Å²) in [5.41, 5.74) is 1.59. The molecule has 5 nitrogen and oxygen atoms in total. The molecule has 0 fully saturated rings. The van der Waals surface area contributed by atoms with E-state index < -0.39 is 0 Å². The first-order valence-corrected chi connectivity index (χ1v) is 9.49. The topological polar surface area (TPSA) is 65.2 Å². The zero-order valence-corrected chi connectivity index (χ0v) is 15.7. The molecule has 0 aliphatic rings. The van der Waals surface area contributed by atoms with Crippen molar-refractivity contribution in [3.05, 3.63) is 71.4 Å². The van der Waals surface area contributed by atoms with E-state index in [-0.39, 0.29) is 11.6 Å². The smallest absolute Gasteiger partial charge is 0.276 e. The second-order valence-corrected chi connectivity index (χ2v) is 6.91. The Morgan fingerprint density at radius 2 is 1.85 bits per heavy atom. The number of rotatable bonds is 9. The summed E-state index contributed by atoms with van der Waals surface area (Å²) in [5, 5.41) is 8.57. The van der Waals surface area contributed by atoms with E-state index in [1.165, 1.54) is 36.0 Å². The number of halogens is 1. The maximum Gasteiger partial charge on any atom is 0.276 e. The third-order valence-electron chi connectivity index (χ3n) is 3.90. The number of hydrogen-bond acceptors (Lipinski definition) is 6. The van der Waals surface area contributed by atoms with Gasteiger partial charge in [-0.05, 0) is 48.4 Å². The van der Waals surface area contributed by atoms with Crippen molar-refractivity contribution in [3.63, 3.8) is 0 Å². The predicted octanol–water partition coefficient (Wildman–Crippen LogP) is 4.56. The minimum Gasteiger partial charge on any atom is -0.497 e. The summed E-state index contributed by atoms with van der Waals surface area (Å²) < 4.78 is 23.6. The number of ketones is 1. The van der Waals surface area contributed by atoms with Crippen LogP contribution in [-0.2, 0) is 6.42 Å². The Balaban J connectivity index is 1.42. The quantitative estimate of drug-likeness (QED) is 0.305. The Bertz CT molecular complexity index is 879. The van der Waals surface area contributed by atoms with Crippen LogP contribution in [0.5, 0.6) is 5.75 Å². The molecule has 140 valence electrons. The van der Waals surface area contributed by atoms with Crippen LogP contribution in [0.3, 0.4) is 0 Å². The van der Waals surface area contributed by atoms with Gasteiger partial charge in [-0.3, -0.25) is 4.79 Å². The van der Waals surface area contributed by atoms with E-state index in [1.807, 2.05) is 24.3 Å². The van der Waals surface area contributed by atoms with Gasteiger partial charge in [0.2, 0.25) is 5.89 Å². The number of benzene rings is 2. The molecule has 3 rings (SSSR count).